The van der Waals surface area contributed by atoms with Crippen LogP contribution in [0.1, 0.15) is 19.4 Å². The molecule has 0 spiro atoms. The van der Waals surface area contributed by atoms with Gasteiger partial charge in [0.15, 0.2) is 11.5 Å². The lowest BCUT2D eigenvalue weighted by atomic mass is 10.1. The smallest absolute Gasteiger partial charge is 0.244 e. The Bertz CT molecular complexity index is 644. The molecule has 0 atom stereocenters. The third-order valence-corrected chi connectivity index (χ3v) is 5.19. The van der Waals surface area contributed by atoms with Crippen LogP contribution >= 0.6 is 39.5 Å². The van der Waals surface area contributed by atoms with Crippen LogP contribution in [0.2, 0.25) is 0 Å². The highest BCUT2D eigenvalue weighted by Gasteiger charge is 2.22. The summed E-state index contributed by atoms with van der Waals surface area (Å²) in [4.78, 5) is 16.4. The first-order chi connectivity index (χ1) is 10.6. The summed E-state index contributed by atoms with van der Waals surface area (Å²) in [7, 11) is 1.59. The summed E-state index contributed by atoms with van der Waals surface area (Å²) in [5.41, 5.74) is 1.30. The van der Waals surface area contributed by atoms with E-state index in [-0.39, 0.29) is 5.12 Å². The lowest BCUT2D eigenvalue weighted by Crippen LogP contribution is -1.97. The Kier molecular flexibility index (Phi) is 6.40. The first-order valence-electron chi connectivity index (χ1n) is 6.74. The molecule has 7 heteroatoms. The molecule has 22 heavy (non-hydrogen) atoms. The lowest BCUT2D eigenvalue weighted by Gasteiger charge is -2.12. The molecule has 1 aliphatic heterocycles. The summed E-state index contributed by atoms with van der Waals surface area (Å²) in [5, 5.41) is -0.0270. The second-order valence-electron chi connectivity index (χ2n) is 4.20. The second kappa shape index (κ2) is 8.08. The number of halogens is 1. The number of thioether (sulfide) groups is 2. The van der Waals surface area contributed by atoms with Crippen molar-refractivity contribution in [2.75, 3.05) is 19.5 Å². The molecule has 0 aliphatic carbocycles. The van der Waals surface area contributed by atoms with Crippen LogP contribution in [0.25, 0.3) is 6.08 Å². The van der Waals surface area contributed by atoms with Crippen LogP contribution in [0, 0.1) is 0 Å². The Hall–Kier alpha value is -0.920. The number of rotatable bonds is 5. The fourth-order valence-corrected chi connectivity index (χ4v) is 4.22. The lowest BCUT2D eigenvalue weighted by molar-refractivity contribution is -0.107. The Morgan fingerprint density at radius 3 is 2.82 bits per heavy atom. The summed E-state index contributed by atoms with van der Waals surface area (Å²) < 4.78 is 12.5. The number of benzene rings is 1. The third-order valence-electron chi connectivity index (χ3n) is 2.71. The van der Waals surface area contributed by atoms with Gasteiger partial charge in [0.05, 0.1) is 18.2 Å². The standard InChI is InChI=1S/C15H16BrNO3S2/c1-4-20-12-8-9(6-10(16)13(12)19-3)7-11-14(18)22-15(17-11)21-5-2/h6-8H,4-5H2,1-3H3. The van der Waals surface area contributed by atoms with Gasteiger partial charge in [-0.2, -0.15) is 0 Å². The average Bonchev–Trinajstić information content (AvgIpc) is 2.79. The molecule has 0 saturated carbocycles. The van der Waals surface area contributed by atoms with Crippen LogP contribution in [0.4, 0.5) is 0 Å². The molecule has 1 heterocycles. The Morgan fingerprint density at radius 1 is 1.41 bits per heavy atom. The molecular formula is C15H16BrNO3S2. The van der Waals surface area contributed by atoms with Gasteiger partial charge in [-0.25, -0.2) is 4.99 Å². The van der Waals surface area contributed by atoms with E-state index in [4.69, 9.17) is 9.47 Å². The average molecular weight is 402 g/mol. The maximum atomic E-state index is 12.0. The van der Waals surface area contributed by atoms with Crippen LogP contribution in [0.15, 0.2) is 27.3 Å². The zero-order valence-electron chi connectivity index (χ0n) is 12.5. The van der Waals surface area contributed by atoms with Gasteiger partial charge in [0.2, 0.25) is 5.12 Å². The number of carbonyl (C=O) groups excluding carboxylic acids is 1. The molecule has 1 aliphatic rings. The van der Waals surface area contributed by atoms with E-state index in [9.17, 15) is 4.79 Å². The van der Waals surface area contributed by atoms with E-state index in [1.165, 1.54) is 11.8 Å². The summed E-state index contributed by atoms with van der Waals surface area (Å²) in [6.45, 7) is 4.48. The highest BCUT2D eigenvalue weighted by Crippen LogP contribution is 2.38. The number of carbonyl (C=O) groups is 1. The Balaban J connectivity index is 2.37. The minimum Gasteiger partial charge on any atom is -0.492 e. The maximum Gasteiger partial charge on any atom is 0.244 e. The molecular weight excluding hydrogens is 386 g/mol. The van der Waals surface area contributed by atoms with Gasteiger partial charge >= 0.3 is 0 Å². The van der Waals surface area contributed by atoms with Crippen molar-refractivity contribution in [2.45, 2.75) is 13.8 Å². The first-order valence-corrected chi connectivity index (χ1v) is 9.34. The number of hydrogen-bond donors (Lipinski definition) is 0. The number of nitrogens with zero attached hydrogens (tertiary/aromatic N) is 1. The van der Waals surface area contributed by atoms with E-state index in [2.05, 4.69) is 20.9 Å². The van der Waals surface area contributed by atoms with Crippen molar-refractivity contribution < 1.29 is 14.3 Å². The number of aliphatic imine (C=N–C) groups is 1. The molecule has 0 radical (unpaired) electrons. The molecule has 2 rings (SSSR count). The van der Waals surface area contributed by atoms with Crippen LogP contribution in [0.5, 0.6) is 11.5 Å². The van der Waals surface area contributed by atoms with E-state index in [0.717, 1.165) is 20.2 Å². The SMILES string of the molecule is CCOc1cc(C=C2N=C(SCC)SC2=O)cc(Br)c1OC. The van der Waals surface area contributed by atoms with Crippen molar-refractivity contribution in [3.05, 3.63) is 27.9 Å². The van der Waals surface area contributed by atoms with Gasteiger partial charge in [0.25, 0.3) is 0 Å². The molecule has 0 amide bonds. The predicted octanol–water partition coefficient (Wildman–Crippen LogP) is 4.58. The number of methoxy groups -OCH3 is 1. The Labute approximate surface area is 146 Å². The highest BCUT2D eigenvalue weighted by molar-refractivity contribution is 9.10. The van der Waals surface area contributed by atoms with Gasteiger partial charge in [0.1, 0.15) is 10.1 Å². The van der Waals surface area contributed by atoms with Crippen LogP contribution in [-0.2, 0) is 4.79 Å². The van der Waals surface area contributed by atoms with Gasteiger partial charge in [0, 0.05) is 0 Å². The van der Waals surface area contributed by atoms with Gasteiger partial charge in [-0.05, 0) is 64.1 Å². The van der Waals surface area contributed by atoms with Gasteiger partial charge in [-0.3, -0.25) is 4.79 Å². The molecule has 118 valence electrons. The zero-order valence-corrected chi connectivity index (χ0v) is 15.7. The summed E-state index contributed by atoms with van der Waals surface area (Å²) >= 11 is 6.22. The van der Waals surface area contributed by atoms with Gasteiger partial charge in [-0.1, -0.05) is 18.7 Å². The van der Waals surface area contributed by atoms with Crippen LogP contribution in [0.3, 0.4) is 0 Å². The van der Waals surface area contributed by atoms with E-state index >= 15 is 0 Å². The summed E-state index contributed by atoms with van der Waals surface area (Å²) in [5.74, 6) is 2.17. The van der Waals surface area contributed by atoms with E-state index in [1.807, 2.05) is 26.0 Å². The fraction of sp³-hybridized carbons (Fsp3) is 0.333. The summed E-state index contributed by atoms with van der Waals surface area (Å²) in [6, 6.07) is 3.73. The zero-order chi connectivity index (χ0) is 16.1. The predicted molar refractivity (Wildman–Crippen MR) is 98.0 cm³/mol. The van der Waals surface area contributed by atoms with Crippen molar-refractivity contribution in [3.63, 3.8) is 0 Å². The minimum atomic E-state index is -0.0270. The van der Waals surface area contributed by atoms with E-state index in [0.29, 0.717) is 23.8 Å². The number of ether oxygens (including phenoxy) is 2. The summed E-state index contributed by atoms with van der Waals surface area (Å²) in [6.07, 6.45) is 1.77. The highest BCUT2D eigenvalue weighted by atomic mass is 79.9. The van der Waals surface area contributed by atoms with Crippen molar-refractivity contribution >= 4 is 55.0 Å². The minimum absolute atomic E-state index is 0.0270. The monoisotopic (exact) mass is 401 g/mol. The van der Waals surface area contributed by atoms with Crippen molar-refractivity contribution in [2.24, 2.45) is 4.99 Å². The molecule has 0 N–H and O–H groups in total. The topological polar surface area (TPSA) is 47.9 Å². The van der Waals surface area contributed by atoms with Crippen LogP contribution in [-0.4, -0.2) is 29.0 Å². The quantitative estimate of drug-likeness (QED) is 0.675. The first kappa shape index (κ1) is 17.4. The van der Waals surface area contributed by atoms with Crippen molar-refractivity contribution in [1.29, 1.82) is 0 Å². The molecule has 1 aromatic rings. The Morgan fingerprint density at radius 2 is 2.18 bits per heavy atom. The molecule has 0 saturated heterocycles. The molecule has 0 bridgehead atoms. The second-order valence-corrected chi connectivity index (χ2v) is 7.52. The fourth-order valence-electron chi connectivity index (χ4n) is 1.86. The van der Waals surface area contributed by atoms with Gasteiger partial charge in [-0.15, -0.1) is 0 Å². The third kappa shape index (κ3) is 4.08. The van der Waals surface area contributed by atoms with E-state index < -0.39 is 0 Å². The molecule has 0 fully saturated rings. The molecule has 0 aromatic heterocycles. The molecule has 4 nitrogen and oxygen atoms in total. The maximum absolute atomic E-state index is 12.0. The van der Waals surface area contributed by atoms with E-state index in [1.54, 1.807) is 24.9 Å². The molecule has 1 aromatic carbocycles. The van der Waals surface area contributed by atoms with Crippen LogP contribution < -0.4 is 9.47 Å². The number of hydrogen-bond acceptors (Lipinski definition) is 6. The van der Waals surface area contributed by atoms with Crippen molar-refractivity contribution in [1.82, 2.24) is 0 Å². The molecule has 0 unspecified atom stereocenters. The normalized spacial score (nSPS) is 16.1. The van der Waals surface area contributed by atoms with Gasteiger partial charge < -0.3 is 9.47 Å². The largest absolute Gasteiger partial charge is 0.492 e. The van der Waals surface area contributed by atoms with Crippen molar-refractivity contribution in [3.8, 4) is 11.5 Å².